The topological polar surface area (TPSA) is 25.8 Å². The molecule has 4 aromatic heterocycles. The molecule has 1 spiro atoms. The van der Waals surface area contributed by atoms with Crippen molar-refractivity contribution in [3.8, 4) is 11.5 Å². The summed E-state index contributed by atoms with van der Waals surface area (Å²) in [5, 5.41) is 17.7. The zero-order valence-electron chi connectivity index (χ0n) is 31.9. The summed E-state index contributed by atoms with van der Waals surface area (Å²) in [4.78, 5) is 0. The van der Waals surface area contributed by atoms with Gasteiger partial charge in [0.1, 0.15) is 33.7 Å². The Bertz CT molecular complexity index is 4220. The Morgan fingerprint density at radius 2 is 0.700 bits per heavy atom. The van der Waals surface area contributed by atoms with Gasteiger partial charge in [0, 0.05) is 32.3 Å². The molecule has 0 bridgehead atoms. The highest BCUT2D eigenvalue weighted by Gasteiger charge is 2.67. The first-order valence-electron chi connectivity index (χ1n) is 20.9. The number of rotatable bonds is 0. The van der Waals surface area contributed by atoms with E-state index >= 15 is 0 Å². The van der Waals surface area contributed by atoms with Crippen LogP contribution in [0.2, 0.25) is 0 Å². The predicted molar refractivity (Wildman–Crippen MR) is 242 cm³/mol. The number of ether oxygens (including phenoxy) is 1. The first-order valence-corrected chi connectivity index (χ1v) is 20.9. The molecule has 10 aromatic carbocycles. The Balaban J connectivity index is 1.23. The third-order valence-corrected chi connectivity index (χ3v) is 14.7. The van der Waals surface area contributed by atoms with E-state index in [1.165, 1.54) is 131 Å². The van der Waals surface area contributed by atoms with Crippen molar-refractivity contribution >= 4 is 120 Å². The standard InChI is InChI=1S/C55H28N4O/c1-5-17-33-29(13-1)31-15-3-7-19-35(31)51-45(33)37-25-27-43-49-47(37)53-56(51)39-21-9-11-23-41(39)58(53)55(49)50-44(60-43)28-26-38-46-34-18-6-2-14-30(34)32-16-4-8-20-36(32)52(46)57-40-22-10-12-24-42(40)59(55)54(57)48(38)50/h1-28H/q+2. The number of hydrogen-bond donors (Lipinski definition) is 0. The number of pyridine rings is 2. The molecule has 0 saturated carbocycles. The van der Waals surface area contributed by atoms with E-state index in [0.717, 1.165) is 11.5 Å². The molecular weight excluding hydrogens is 733 g/mol. The summed E-state index contributed by atoms with van der Waals surface area (Å²) in [5.74, 6) is 1.83. The van der Waals surface area contributed by atoms with Gasteiger partial charge in [-0.25, -0.2) is 0 Å². The van der Waals surface area contributed by atoms with Gasteiger partial charge in [0.15, 0.2) is 22.1 Å². The second kappa shape index (κ2) is 9.31. The SMILES string of the molecule is c1ccc2c(c1)c1ccccc1c1c2c2ccc3c4c2c2n1c1ccccc1[n+]2C41c2c(ccc4c2c2n(c5ccccc5[n+]21)c1c2ccccc2c2ccccc2c41)O3. The van der Waals surface area contributed by atoms with Gasteiger partial charge >= 0.3 is 17.0 Å². The average Bonchev–Trinajstić information content (AvgIpc) is 4.03. The molecule has 17 rings (SSSR count). The van der Waals surface area contributed by atoms with Gasteiger partial charge in [-0.2, -0.15) is 17.9 Å². The van der Waals surface area contributed by atoms with Crippen molar-refractivity contribution in [3.05, 3.63) is 181 Å². The van der Waals surface area contributed by atoms with Crippen LogP contribution < -0.4 is 13.9 Å². The Hall–Kier alpha value is -8.02. The second-order valence-electron chi connectivity index (χ2n) is 17.1. The number of nitrogens with zero attached hydrogens (tertiary/aromatic N) is 4. The fraction of sp³-hybridized carbons (Fsp3) is 0.0182. The van der Waals surface area contributed by atoms with Crippen LogP contribution in [-0.4, -0.2) is 8.80 Å². The van der Waals surface area contributed by atoms with Crippen LogP contribution in [0.1, 0.15) is 11.1 Å². The van der Waals surface area contributed by atoms with E-state index in [1.807, 2.05) is 0 Å². The quantitative estimate of drug-likeness (QED) is 0.112. The van der Waals surface area contributed by atoms with Crippen LogP contribution in [0.15, 0.2) is 170 Å². The lowest BCUT2D eigenvalue weighted by Gasteiger charge is -2.31. The maximum absolute atomic E-state index is 7.26. The first kappa shape index (κ1) is 29.2. The maximum atomic E-state index is 7.26. The van der Waals surface area contributed by atoms with Gasteiger partial charge in [0.2, 0.25) is 0 Å². The summed E-state index contributed by atoms with van der Waals surface area (Å²) < 4.78 is 17.9. The summed E-state index contributed by atoms with van der Waals surface area (Å²) >= 11 is 0. The largest absolute Gasteiger partial charge is 0.456 e. The molecule has 5 nitrogen and oxygen atoms in total. The molecule has 60 heavy (non-hydrogen) atoms. The van der Waals surface area contributed by atoms with Gasteiger partial charge in [-0.1, -0.05) is 121 Å². The Morgan fingerprint density at radius 1 is 0.333 bits per heavy atom. The second-order valence-corrected chi connectivity index (χ2v) is 17.1. The molecule has 3 aliphatic heterocycles. The average molecular weight is 761 g/mol. The molecule has 0 N–H and O–H groups in total. The zero-order chi connectivity index (χ0) is 38.3. The predicted octanol–water partition coefficient (Wildman–Crippen LogP) is 12.3. The number of aromatic nitrogens is 4. The Labute approximate surface area is 339 Å². The van der Waals surface area contributed by atoms with E-state index in [9.17, 15) is 0 Å². The van der Waals surface area contributed by atoms with Gasteiger partial charge < -0.3 is 4.74 Å². The van der Waals surface area contributed by atoms with E-state index in [2.05, 4.69) is 188 Å². The van der Waals surface area contributed by atoms with Gasteiger partial charge in [-0.05, 0) is 80.8 Å². The van der Waals surface area contributed by atoms with Crippen molar-refractivity contribution in [1.82, 2.24) is 8.80 Å². The third kappa shape index (κ3) is 2.77. The Morgan fingerprint density at radius 3 is 1.15 bits per heavy atom. The zero-order valence-corrected chi connectivity index (χ0v) is 31.9. The molecule has 0 radical (unpaired) electrons. The van der Waals surface area contributed by atoms with Crippen molar-refractivity contribution < 1.29 is 13.9 Å². The van der Waals surface area contributed by atoms with Crippen molar-refractivity contribution in [2.24, 2.45) is 0 Å². The summed E-state index contributed by atoms with van der Waals surface area (Å²) in [5.41, 5.74) is 11.3. The number of imidazole rings is 2. The third-order valence-electron chi connectivity index (χ3n) is 14.7. The molecule has 14 aromatic rings. The van der Waals surface area contributed by atoms with E-state index in [1.54, 1.807) is 0 Å². The summed E-state index contributed by atoms with van der Waals surface area (Å²) in [7, 11) is 0. The summed E-state index contributed by atoms with van der Waals surface area (Å²) in [6, 6.07) is 63.4. The number of fused-ring (bicyclic) bond motifs is 22. The van der Waals surface area contributed by atoms with Crippen molar-refractivity contribution in [2.45, 2.75) is 5.66 Å². The molecule has 0 saturated heterocycles. The molecule has 0 atom stereocenters. The number of para-hydroxylation sites is 4. The van der Waals surface area contributed by atoms with Crippen LogP contribution in [0, 0.1) is 0 Å². The highest BCUT2D eigenvalue weighted by atomic mass is 16.5. The molecule has 0 amide bonds. The number of hydrogen-bond acceptors (Lipinski definition) is 1. The fourth-order valence-corrected chi connectivity index (χ4v) is 12.9. The van der Waals surface area contributed by atoms with Gasteiger partial charge in [-0.3, -0.25) is 0 Å². The van der Waals surface area contributed by atoms with Crippen LogP contribution in [0.4, 0.5) is 0 Å². The van der Waals surface area contributed by atoms with Crippen molar-refractivity contribution in [1.29, 1.82) is 0 Å². The summed E-state index contributed by atoms with van der Waals surface area (Å²) in [6.07, 6.45) is 0. The minimum absolute atomic E-state index is 0.790. The molecular formula is C55H28N4O+2. The van der Waals surface area contributed by atoms with Crippen LogP contribution >= 0.6 is 0 Å². The summed E-state index contributed by atoms with van der Waals surface area (Å²) in [6.45, 7) is 0. The lowest BCUT2D eigenvalue weighted by molar-refractivity contribution is -0.923. The van der Waals surface area contributed by atoms with Crippen LogP contribution in [0.3, 0.4) is 0 Å². The van der Waals surface area contributed by atoms with Crippen molar-refractivity contribution in [3.63, 3.8) is 0 Å². The minimum Gasteiger partial charge on any atom is -0.456 e. The van der Waals surface area contributed by atoms with E-state index in [0.29, 0.717) is 0 Å². The first-order chi connectivity index (χ1) is 29.8. The monoisotopic (exact) mass is 760 g/mol. The minimum atomic E-state index is -0.790. The molecule has 5 heteroatoms. The maximum Gasteiger partial charge on any atom is 0.316 e. The van der Waals surface area contributed by atoms with Crippen LogP contribution in [0.5, 0.6) is 11.5 Å². The molecule has 7 heterocycles. The normalized spacial score (nSPS) is 14.6. The highest BCUT2D eigenvalue weighted by Crippen LogP contribution is 2.60. The van der Waals surface area contributed by atoms with Gasteiger partial charge in [-0.15, -0.1) is 0 Å². The molecule has 0 aliphatic carbocycles. The van der Waals surface area contributed by atoms with Gasteiger partial charge in [0.25, 0.3) is 0 Å². The molecule has 0 fully saturated rings. The lowest BCUT2D eigenvalue weighted by atomic mass is 9.83. The molecule has 272 valence electrons. The van der Waals surface area contributed by atoms with Crippen LogP contribution in [0.25, 0.3) is 120 Å². The smallest absolute Gasteiger partial charge is 0.316 e. The van der Waals surface area contributed by atoms with Crippen molar-refractivity contribution in [2.75, 3.05) is 0 Å². The van der Waals surface area contributed by atoms with Crippen LogP contribution in [-0.2, 0) is 5.66 Å². The molecule has 0 unspecified atom stereocenters. The van der Waals surface area contributed by atoms with E-state index < -0.39 is 5.66 Å². The number of benzene rings is 10. The fourth-order valence-electron chi connectivity index (χ4n) is 12.9. The lowest BCUT2D eigenvalue weighted by Crippen LogP contribution is -2.71. The molecule has 3 aliphatic rings. The Kier molecular flexibility index (Phi) is 4.53. The van der Waals surface area contributed by atoms with E-state index in [-0.39, 0.29) is 0 Å². The van der Waals surface area contributed by atoms with Gasteiger partial charge in [0.05, 0.1) is 10.8 Å². The highest BCUT2D eigenvalue weighted by molar-refractivity contribution is 6.35. The van der Waals surface area contributed by atoms with E-state index in [4.69, 9.17) is 4.74 Å².